The van der Waals surface area contributed by atoms with Gasteiger partial charge in [-0.05, 0) is 13.3 Å². The van der Waals surface area contributed by atoms with E-state index in [0.717, 1.165) is 19.3 Å². The lowest BCUT2D eigenvalue weighted by Crippen LogP contribution is -2.31. The minimum Gasteiger partial charge on any atom is -0.464 e. The predicted octanol–water partition coefficient (Wildman–Crippen LogP) is 4.69. The van der Waals surface area contributed by atoms with Gasteiger partial charge in [0, 0.05) is 11.8 Å². The minimum absolute atomic E-state index is 0.189. The van der Waals surface area contributed by atoms with Crippen LogP contribution < -0.4 is 0 Å². The molecule has 0 aliphatic heterocycles. The summed E-state index contributed by atoms with van der Waals surface area (Å²) in [6.45, 7) is 4.13. The quantitative estimate of drug-likeness (QED) is 0.351. The van der Waals surface area contributed by atoms with E-state index in [4.69, 9.17) is 39.5 Å². The third kappa shape index (κ3) is 8.12. The number of rotatable bonds is 9. The van der Waals surface area contributed by atoms with Gasteiger partial charge in [-0.15, -0.1) is 11.6 Å². The largest absolute Gasteiger partial charge is 0.464 e. The number of ether oxygens (including phenoxy) is 1. The van der Waals surface area contributed by atoms with Gasteiger partial charge in [0.2, 0.25) is 4.33 Å². The van der Waals surface area contributed by atoms with E-state index in [2.05, 4.69) is 6.92 Å². The Morgan fingerprint density at radius 1 is 1.24 bits per heavy atom. The van der Waals surface area contributed by atoms with Crippen molar-refractivity contribution in [2.24, 2.45) is 0 Å². The highest BCUT2D eigenvalue weighted by Gasteiger charge is 2.37. The molecule has 0 aliphatic rings. The van der Waals surface area contributed by atoms with Crippen molar-refractivity contribution < 1.29 is 9.53 Å². The second-order valence-corrected chi connectivity index (χ2v) is 6.18. The Hall–Kier alpha value is 0.340. The zero-order chi connectivity index (χ0) is 13.3. The van der Waals surface area contributed by atoms with Crippen molar-refractivity contribution in [1.29, 1.82) is 0 Å². The topological polar surface area (TPSA) is 26.3 Å². The Morgan fingerprint density at radius 3 is 2.41 bits per heavy atom. The van der Waals surface area contributed by atoms with Crippen molar-refractivity contribution in [1.82, 2.24) is 0 Å². The van der Waals surface area contributed by atoms with Gasteiger partial charge in [0.25, 0.3) is 0 Å². The first-order valence-electron chi connectivity index (χ1n) is 6.13. The maximum absolute atomic E-state index is 11.4. The standard InChI is InChI=1S/C12H21Cl3O2/c1-3-5-6-7-8-10(13)9-12(14,15)11(16)17-4-2/h10H,3-9H2,1-2H3. The van der Waals surface area contributed by atoms with E-state index in [1.54, 1.807) is 6.92 Å². The van der Waals surface area contributed by atoms with Crippen molar-refractivity contribution in [2.75, 3.05) is 6.61 Å². The van der Waals surface area contributed by atoms with Crippen molar-refractivity contribution >= 4 is 40.8 Å². The Balaban J connectivity index is 3.91. The van der Waals surface area contributed by atoms with E-state index in [1.165, 1.54) is 12.8 Å². The van der Waals surface area contributed by atoms with Gasteiger partial charge in [-0.1, -0.05) is 55.8 Å². The maximum Gasteiger partial charge on any atom is 0.342 e. The van der Waals surface area contributed by atoms with E-state index < -0.39 is 10.3 Å². The Morgan fingerprint density at radius 2 is 1.88 bits per heavy atom. The van der Waals surface area contributed by atoms with Crippen LogP contribution in [0.1, 0.15) is 52.4 Å². The van der Waals surface area contributed by atoms with Gasteiger partial charge >= 0.3 is 5.97 Å². The Kier molecular flexibility index (Phi) is 9.48. The lowest BCUT2D eigenvalue weighted by atomic mass is 10.1. The molecule has 5 heteroatoms. The van der Waals surface area contributed by atoms with E-state index in [-0.39, 0.29) is 18.4 Å². The molecule has 0 saturated heterocycles. The number of esters is 1. The number of halogens is 3. The monoisotopic (exact) mass is 302 g/mol. The molecule has 1 atom stereocenters. The molecule has 17 heavy (non-hydrogen) atoms. The van der Waals surface area contributed by atoms with Crippen LogP contribution in [0.2, 0.25) is 0 Å². The molecule has 1 unspecified atom stereocenters. The molecule has 0 aromatic carbocycles. The molecule has 0 heterocycles. The smallest absolute Gasteiger partial charge is 0.342 e. The fraction of sp³-hybridized carbons (Fsp3) is 0.917. The summed E-state index contributed by atoms with van der Waals surface area (Å²) in [5, 5.41) is -0.189. The number of hydrogen-bond donors (Lipinski definition) is 0. The molecule has 0 radical (unpaired) electrons. The molecule has 0 fully saturated rings. The molecule has 0 spiro atoms. The summed E-state index contributed by atoms with van der Waals surface area (Å²) in [4.78, 5) is 11.4. The number of hydrogen-bond acceptors (Lipinski definition) is 2. The van der Waals surface area contributed by atoms with Crippen LogP contribution in [-0.2, 0) is 9.53 Å². The van der Waals surface area contributed by atoms with Crippen LogP contribution in [0.15, 0.2) is 0 Å². The summed E-state index contributed by atoms with van der Waals surface area (Å²) in [6.07, 6.45) is 5.62. The van der Waals surface area contributed by atoms with Crippen LogP contribution in [0.25, 0.3) is 0 Å². The molecule has 0 aromatic heterocycles. The molecule has 0 saturated carbocycles. The molecule has 0 bridgehead atoms. The van der Waals surface area contributed by atoms with Gasteiger partial charge in [-0.2, -0.15) is 0 Å². The second kappa shape index (κ2) is 9.29. The molecule has 102 valence electrons. The van der Waals surface area contributed by atoms with E-state index in [9.17, 15) is 4.79 Å². The van der Waals surface area contributed by atoms with Crippen LogP contribution in [0.5, 0.6) is 0 Å². The first kappa shape index (κ1) is 17.3. The summed E-state index contributed by atoms with van der Waals surface area (Å²) >= 11 is 17.9. The second-order valence-electron chi connectivity index (χ2n) is 4.08. The van der Waals surface area contributed by atoms with Gasteiger partial charge in [0.05, 0.1) is 6.61 Å². The average Bonchev–Trinajstić information content (AvgIpc) is 2.24. The number of carbonyl (C=O) groups is 1. The zero-order valence-electron chi connectivity index (χ0n) is 10.5. The SMILES string of the molecule is CCCCCCC(Cl)CC(Cl)(Cl)C(=O)OCC. The summed E-state index contributed by atoms with van der Waals surface area (Å²) in [7, 11) is 0. The van der Waals surface area contributed by atoms with Crippen LogP contribution in [0, 0.1) is 0 Å². The zero-order valence-corrected chi connectivity index (χ0v) is 12.7. The van der Waals surface area contributed by atoms with Gasteiger partial charge in [0.15, 0.2) is 0 Å². The van der Waals surface area contributed by atoms with Crippen molar-refractivity contribution in [3.8, 4) is 0 Å². The van der Waals surface area contributed by atoms with Crippen LogP contribution in [0.4, 0.5) is 0 Å². The third-order valence-electron chi connectivity index (χ3n) is 2.42. The predicted molar refractivity (Wildman–Crippen MR) is 74.1 cm³/mol. The molecule has 0 aliphatic carbocycles. The fourth-order valence-corrected chi connectivity index (χ4v) is 2.52. The van der Waals surface area contributed by atoms with Gasteiger partial charge in [-0.3, -0.25) is 0 Å². The molecular formula is C12H21Cl3O2. The maximum atomic E-state index is 11.4. The molecule has 0 amide bonds. The van der Waals surface area contributed by atoms with Gasteiger partial charge in [-0.25, -0.2) is 4.79 Å². The van der Waals surface area contributed by atoms with E-state index >= 15 is 0 Å². The highest BCUT2D eigenvalue weighted by atomic mass is 35.5. The van der Waals surface area contributed by atoms with Crippen molar-refractivity contribution in [3.05, 3.63) is 0 Å². The molecule has 0 aromatic rings. The summed E-state index contributed by atoms with van der Waals surface area (Å²) in [6, 6.07) is 0. The Bertz CT molecular complexity index is 220. The van der Waals surface area contributed by atoms with Crippen LogP contribution >= 0.6 is 34.8 Å². The summed E-state index contributed by atoms with van der Waals surface area (Å²) in [5.74, 6) is -0.609. The van der Waals surface area contributed by atoms with E-state index in [0.29, 0.717) is 0 Å². The first-order valence-corrected chi connectivity index (χ1v) is 7.32. The highest BCUT2D eigenvalue weighted by molar-refractivity contribution is 6.57. The molecular weight excluding hydrogens is 282 g/mol. The molecule has 0 rings (SSSR count). The van der Waals surface area contributed by atoms with E-state index in [1.807, 2.05) is 0 Å². The summed E-state index contributed by atoms with van der Waals surface area (Å²) in [5.41, 5.74) is 0. The molecule has 2 nitrogen and oxygen atoms in total. The lowest BCUT2D eigenvalue weighted by Gasteiger charge is -2.20. The number of unbranched alkanes of at least 4 members (excludes halogenated alkanes) is 3. The normalized spacial score (nSPS) is 13.5. The van der Waals surface area contributed by atoms with Gasteiger partial charge in [0.1, 0.15) is 0 Å². The molecule has 0 N–H and O–H groups in total. The van der Waals surface area contributed by atoms with Crippen LogP contribution in [0.3, 0.4) is 0 Å². The van der Waals surface area contributed by atoms with Gasteiger partial charge < -0.3 is 4.74 Å². The third-order valence-corrected chi connectivity index (χ3v) is 3.41. The first-order chi connectivity index (χ1) is 7.94. The summed E-state index contributed by atoms with van der Waals surface area (Å²) < 4.78 is 3.27. The number of carbonyl (C=O) groups excluding carboxylic acids is 1. The van der Waals surface area contributed by atoms with Crippen molar-refractivity contribution in [2.45, 2.75) is 62.1 Å². The number of alkyl halides is 3. The Labute approximate surface area is 119 Å². The lowest BCUT2D eigenvalue weighted by molar-refractivity contribution is -0.144. The highest BCUT2D eigenvalue weighted by Crippen LogP contribution is 2.32. The fourth-order valence-electron chi connectivity index (χ4n) is 1.49. The van der Waals surface area contributed by atoms with Crippen LogP contribution in [-0.4, -0.2) is 22.3 Å². The average molecular weight is 304 g/mol. The minimum atomic E-state index is -1.52. The van der Waals surface area contributed by atoms with Crippen molar-refractivity contribution in [3.63, 3.8) is 0 Å².